The Balaban J connectivity index is 1.70. The SMILES string of the molecule is C=CCOC(=O)C1=C(C)C(=C=O)S[C@@H]2[C@H](NC(=O)COc3ccccc3)C(=O)N12. The molecule has 2 aliphatic heterocycles. The average molecular weight is 414 g/mol. The van der Waals surface area contributed by atoms with Crippen LogP contribution in [0.4, 0.5) is 0 Å². The van der Waals surface area contributed by atoms with Crippen molar-refractivity contribution in [1.82, 2.24) is 10.2 Å². The molecule has 29 heavy (non-hydrogen) atoms. The summed E-state index contributed by atoms with van der Waals surface area (Å²) in [5.41, 5.74) is 0.283. The lowest BCUT2D eigenvalue weighted by Crippen LogP contribution is -2.70. The number of nitrogens with one attached hydrogen (secondary N) is 1. The van der Waals surface area contributed by atoms with Crippen molar-refractivity contribution in [3.8, 4) is 5.75 Å². The Morgan fingerprint density at radius 1 is 1.34 bits per heavy atom. The summed E-state index contributed by atoms with van der Waals surface area (Å²) in [6.45, 7) is 4.70. The molecule has 1 aromatic carbocycles. The molecule has 0 unspecified atom stereocenters. The minimum atomic E-state index is -0.898. The summed E-state index contributed by atoms with van der Waals surface area (Å²) in [5, 5.41) is 1.94. The maximum atomic E-state index is 12.6. The van der Waals surface area contributed by atoms with Crippen molar-refractivity contribution >= 4 is 35.5 Å². The maximum Gasteiger partial charge on any atom is 0.355 e. The van der Waals surface area contributed by atoms with Crippen LogP contribution >= 0.6 is 11.8 Å². The van der Waals surface area contributed by atoms with E-state index >= 15 is 0 Å². The van der Waals surface area contributed by atoms with Crippen LogP contribution < -0.4 is 10.1 Å². The molecule has 0 spiro atoms. The first kappa shape index (κ1) is 20.4. The summed E-state index contributed by atoms with van der Waals surface area (Å²) in [6.07, 6.45) is 1.40. The fraction of sp³-hybridized carbons (Fsp3) is 0.250. The number of esters is 1. The van der Waals surface area contributed by atoms with E-state index in [0.717, 1.165) is 11.8 Å². The Morgan fingerprint density at radius 3 is 2.72 bits per heavy atom. The van der Waals surface area contributed by atoms with Crippen LogP contribution in [0.2, 0.25) is 0 Å². The van der Waals surface area contributed by atoms with Gasteiger partial charge in [-0.15, -0.1) is 0 Å². The zero-order chi connectivity index (χ0) is 21.0. The van der Waals surface area contributed by atoms with E-state index in [4.69, 9.17) is 9.47 Å². The van der Waals surface area contributed by atoms with Crippen molar-refractivity contribution in [1.29, 1.82) is 0 Å². The molecular formula is C20H18N2O6S. The number of hydrogen-bond acceptors (Lipinski definition) is 7. The van der Waals surface area contributed by atoms with E-state index in [2.05, 4.69) is 11.9 Å². The zero-order valence-corrected chi connectivity index (χ0v) is 16.4. The van der Waals surface area contributed by atoms with Crippen LogP contribution in [0.1, 0.15) is 6.92 Å². The van der Waals surface area contributed by atoms with Crippen LogP contribution in [0.25, 0.3) is 0 Å². The van der Waals surface area contributed by atoms with Crippen LogP contribution in [-0.4, -0.2) is 53.3 Å². The molecule has 1 saturated heterocycles. The Morgan fingerprint density at radius 2 is 2.07 bits per heavy atom. The number of rotatable bonds is 7. The first-order chi connectivity index (χ1) is 14.0. The number of ether oxygens (including phenoxy) is 2. The van der Waals surface area contributed by atoms with Gasteiger partial charge in [-0.1, -0.05) is 42.6 Å². The zero-order valence-electron chi connectivity index (χ0n) is 15.5. The lowest BCUT2D eigenvalue weighted by atomic mass is 10.0. The highest BCUT2D eigenvalue weighted by Crippen LogP contribution is 2.45. The molecule has 0 saturated carbocycles. The third-order valence-corrected chi connectivity index (χ3v) is 5.62. The number of β-lactam (4-membered cyclic amide) rings is 1. The number of allylic oxidation sites excluding steroid dienone is 1. The fourth-order valence-corrected chi connectivity index (χ4v) is 4.09. The normalized spacial score (nSPS) is 20.2. The Bertz CT molecular complexity index is 936. The van der Waals surface area contributed by atoms with Crippen molar-refractivity contribution in [2.24, 2.45) is 0 Å². The van der Waals surface area contributed by atoms with Crippen molar-refractivity contribution in [2.75, 3.05) is 13.2 Å². The standard InChI is InChI=1S/C20H18N2O6S/c1-3-9-27-20(26)17-12(2)14(10-23)29-19-16(18(25)22(17)19)21-15(24)11-28-13-7-5-4-6-8-13/h3-8,16,19H,1,9,11H2,2H3,(H,21,24)/t16-,19-/m1/s1. The smallest absolute Gasteiger partial charge is 0.355 e. The Hall–Kier alpha value is -3.29. The maximum absolute atomic E-state index is 12.6. The molecule has 9 heteroatoms. The van der Waals surface area contributed by atoms with Gasteiger partial charge in [-0.2, -0.15) is 0 Å². The number of thioether (sulfide) groups is 1. The lowest BCUT2D eigenvalue weighted by Gasteiger charge is -2.49. The molecule has 8 nitrogen and oxygen atoms in total. The predicted molar refractivity (Wildman–Crippen MR) is 105 cm³/mol. The number of para-hydroxylation sites is 1. The van der Waals surface area contributed by atoms with Gasteiger partial charge in [-0.05, 0) is 19.1 Å². The summed E-state index contributed by atoms with van der Waals surface area (Å²) >= 11 is 1.06. The highest BCUT2D eigenvalue weighted by molar-refractivity contribution is 8.04. The van der Waals surface area contributed by atoms with Crippen molar-refractivity contribution in [3.63, 3.8) is 0 Å². The van der Waals surface area contributed by atoms with Crippen LogP contribution in [-0.2, 0) is 23.9 Å². The average Bonchev–Trinajstić information content (AvgIpc) is 2.74. The molecule has 0 aliphatic carbocycles. The van der Waals surface area contributed by atoms with Gasteiger partial charge in [0.25, 0.3) is 11.8 Å². The third kappa shape index (κ3) is 4.11. The van der Waals surface area contributed by atoms with Crippen LogP contribution in [0.15, 0.2) is 59.2 Å². The molecule has 0 radical (unpaired) electrons. The van der Waals surface area contributed by atoms with Gasteiger partial charge in [-0.25, -0.2) is 9.59 Å². The molecule has 3 rings (SSSR count). The second-order valence-electron chi connectivity index (χ2n) is 6.16. The van der Waals surface area contributed by atoms with E-state index in [1.165, 1.54) is 11.0 Å². The van der Waals surface area contributed by atoms with E-state index < -0.39 is 29.2 Å². The Kier molecular flexibility index (Phi) is 6.21. The van der Waals surface area contributed by atoms with Gasteiger partial charge in [0.1, 0.15) is 35.4 Å². The monoisotopic (exact) mass is 414 g/mol. The number of amides is 2. The van der Waals surface area contributed by atoms with E-state index in [0.29, 0.717) is 11.3 Å². The highest BCUT2D eigenvalue weighted by Gasteiger charge is 2.55. The molecule has 1 fully saturated rings. The quantitative estimate of drug-likeness (QED) is 0.309. The van der Waals surface area contributed by atoms with Crippen LogP contribution in [0, 0.1) is 0 Å². The van der Waals surface area contributed by atoms with E-state index in [1.807, 2.05) is 6.07 Å². The lowest BCUT2D eigenvalue weighted by molar-refractivity contribution is -0.152. The molecule has 2 aliphatic rings. The van der Waals surface area contributed by atoms with Crippen LogP contribution in [0.5, 0.6) is 5.75 Å². The number of carbonyl (C=O) groups excluding carboxylic acids is 4. The summed E-state index contributed by atoms with van der Waals surface area (Å²) in [4.78, 5) is 49.9. The number of fused-ring (bicyclic) bond motifs is 1. The third-order valence-electron chi connectivity index (χ3n) is 4.27. The second kappa shape index (κ2) is 8.81. The van der Waals surface area contributed by atoms with Gasteiger partial charge in [0, 0.05) is 5.57 Å². The molecule has 1 aromatic rings. The van der Waals surface area contributed by atoms with E-state index in [9.17, 15) is 19.2 Å². The predicted octanol–water partition coefficient (Wildman–Crippen LogP) is 1.18. The number of hydrogen-bond donors (Lipinski definition) is 1. The fourth-order valence-electron chi connectivity index (χ4n) is 2.89. The first-order valence-corrected chi connectivity index (χ1v) is 9.57. The molecule has 0 bridgehead atoms. The molecule has 2 atom stereocenters. The van der Waals surface area contributed by atoms with Gasteiger partial charge in [0.15, 0.2) is 6.61 Å². The number of benzene rings is 1. The first-order valence-electron chi connectivity index (χ1n) is 8.69. The molecule has 150 valence electrons. The van der Waals surface area contributed by atoms with Gasteiger partial charge in [0.05, 0.1) is 4.91 Å². The van der Waals surface area contributed by atoms with Gasteiger partial charge in [-0.3, -0.25) is 14.5 Å². The van der Waals surface area contributed by atoms with Gasteiger partial charge >= 0.3 is 5.97 Å². The topological polar surface area (TPSA) is 102 Å². The van der Waals surface area contributed by atoms with E-state index in [1.54, 1.807) is 37.1 Å². The van der Waals surface area contributed by atoms with Crippen LogP contribution in [0.3, 0.4) is 0 Å². The molecule has 1 N–H and O–H groups in total. The molecule has 2 amide bonds. The largest absolute Gasteiger partial charge is 0.484 e. The Labute approximate surface area is 171 Å². The second-order valence-corrected chi connectivity index (χ2v) is 7.28. The molecular weight excluding hydrogens is 396 g/mol. The minimum absolute atomic E-state index is 0.0232. The summed E-state index contributed by atoms with van der Waals surface area (Å²) in [7, 11) is 0. The van der Waals surface area contributed by atoms with Crippen molar-refractivity contribution in [3.05, 3.63) is 59.2 Å². The van der Waals surface area contributed by atoms with E-state index in [-0.39, 0.29) is 23.8 Å². The number of carbonyl (C=O) groups is 3. The summed E-state index contributed by atoms with van der Waals surface area (Å²) < 4.78 is 10.4. The summed E-state index contributed by atoms with van der Waals surface area (Å²) in [5.74, 6) is 0.599. The minimum Gasteiger partial charge on any atom is -0.484 e. The number of nitrogens with zero attached hydrogens (tertiary/aromatic N) is 1. The highest BCUT2D eigenvalue weighted by atomic mass is 32.2. The van der Waals surface area contributed by atoms with Crippen molar-refractivity contribution < 1.29 is 28.7 Å². The van der Waals surface area contributed by atoms with Crippen molar-refractivity contribution in [2.45, 2.75) is 18.3 Å². The van der Waals surface area contributed by atoms with Gasteiger partial charge < -0.3 is 14.8 Å². The molecule has 0 aromatic heterocycles. The van der Waals surface area contributed by atoms with Gasteiger partial charge in [0.2, 0.25) is 0 Å². The molecule has 2 heterocycles. The summed E-state index contributed by atoms with van der Waals surface area (Å²) in [6, 6.07) is 7.88.